The standard InChI is InChI=1S/C18H15FN6O/c1-2-6-15(26)22-23-17(20)16-13-8-5-10-21-18(13)25(24-16)11-12-7-3-4-9-14(12)19/h3-5,7-10H,11H2,1H3,(H2,20,23)(H,22,26). The minimum atomic E-state index is -0.580. The fourth-order valence-corrected chi connectivity index (χ4v) is 2.40. The average Bonchev–Trinajstić information content (AvgIpc) is 3.01. The van der Waals surface area contributed by atoms with Crippen LogP contribution in [0.15, 0.2) is 47.7 Å². The topological polar surface area (TPSA) is 98.2 Å². The molecule has 1 amide bonds. The van der Waals surface area contributed by atoms with Gasteiger partial charge in [0.2, 0.25) is 0 Å². The summed E-state index contributed by atoms with van der Waals surface area (Å²) in [5, 5.41) is 8.85. The Balaban J connectivity index is 1.99. The molecular formula is C18H15FN6O. The summed E-state index contributed by atoms with van der Waals surface area (Å²) < 4.78 is 15.5. The number of amides is 1. The number of aromatic nitrogens is 3. The predicted molar refractivity (Wildman–Crippen MR) is 95.3 cm³/mol. The first kappa shape index (κ1) is 17.1. The highest BCUT2D eigenvalue weighted by Crippen LogP contribution is 2.18. The van der Waals surface area contributed by atoms with E-state index in [1.54, 1.807) is 41.2 Å². The van der Waals surface area contributed by atoms with Gasteiger partial charge in [0.25, 0.3) is 0 Å². The number of halogens is 1. The van der Waals surface area contributed by atoms with Gasteiger partial charge in [-0.05, 0) is 31.0 Å². The summed E-state index contributed by atoms with van der Waals surface area (Å²) in [6.07, 6.45) is 1.61. The Labute approximate surface area is 148 Å². The van der Waals surface area contributed by atoms with E-state index >= 15 is 0 Å². The zero-order chi connectivity index (χ0) is 18.5. The number of amidine groups is 1. The van der Waals surface area contributed by atoms with Crippen molar-refractivity contribution in [1.29, 1.82) is 0 Å². The van der Waals surface area contributed by atoms with E-state index in [0.717, 1.165) is 0 Å². The number of carbonyl (C=O) groups is 1. The maximum atomic E-state index is 14.0. The molecule has 0 saturated heterocycles. The lowest BCUT2D eigenvalue weighted by molar-refractivity contribution is -0.115. The molecule has 3 aromatic rings. The SMILES string of the molecule is CC#CC(=O)N/N=C(\N)c1nn(Cc2ccccc2F)c2ncccc12. The molecular weight excluding hydrogens is 335 g/mol. The highest BCUT2D eigenvalue weighted by Gasteiger charge is 2.16. The van der Waals surface area contributed by atoms with Crippen LogP contribution >= 0.6 is 0 Å². The van der Waals surface area contributed by atoms with E-state index < -0.39 is 5.91 Å². The highest BCUT2D eigenvalue weighted by molar-refractivity contribution is 6.06. The third-order valence-corrected chi connectivity index (χ3v) is 3.54. The molecule has 2 heterocycles. The average molecular weight is 350 g/mol. The van der Waals surface area contributed by atoms with Gasteiger partial charge in [-0.25, -0.2) is 19.5 Å². The zero-order valence-corrected chi connectivity index (χ0v) is 13.9. The van der Waals surface area contributed by atoms with E-state index in [1.807, 2.05) is 0 Å². The molecule has 3 rings (SSSR count). The van der Waals surface area contributed by atoms with Crippen LogP contribution in [0.5, 0.6) is 0 Å². The fraction of sp³-hybridized carbons (Fsp3) is 0.111. The molecule has 0 radical (unpaired) electrons. The molecule has 0 unspecified atom stereocenters. The van der Waals surface area contributed by atoms with Crippen molar-refractivity contribution in [3.05, 3.63) is 59.7 Å². The number of rotatable bonds is 4. The molecule has 2 aromatic heterocycles. The second-order valence-electron chi connectivity index (χ2n) is 5.29. The van der Waals surface area contributed by atoms with Crippen LogP contribution in [0, 0.1) is 17.7 Å². The van der Waals surface area contributed by atoms with Gasteiger partial charge in [0.05, 0.1) is 11.9 Å². The molecule has 0 aliphatic carbocycles. The summed E-state index contributed by atoms with van der Waals surface area (Å²) in [5.74, 6) is 3.84. The second-order valence-corrected chi connectivity index (χ2v) is 5.29. The van der Waals surface area contributed by atoms with Gasteiger partial charge in [-0.1, -0.05) is 24.1 Å². The number of nitrogens with zero attached hydrogens (tertiary/aromatic N) is 4. The summed E-state index contributed by atoms with van der Waals surface area (Å²) in [5.41, 5.74) is 9.53. The van der Waals surface area contributed by atoms with Gasteiger partial charge < -0.3 is 5.73 Å². The molecule has 0 aliphatic rings. The number of hydrazone groups is 1. The van der Waals surface area contributed by atoms with Crippen molar-refractivity contribution < 1.29 is 9.18 Å². The Morgan fingerprint density at radius 3 is 2.92 bits per heavy atom. The Hall–Kier alpha value is -3.73. The van der Waals surface area contributed by atoms with Crippen LogP contribution in [0.25, 0.3) is 11.0 Å². The molecule has 3 N–H and O–H groups in total. The predicted octanol–water partition coefficient (Wildman–Crippen LogP) is 1.38. The van der Waals surface area contributed by atoms with E-state index in [9.17, 15) is 9.18 Å². The van der Waals surface area contributed by atoms with Gasteiger partial charge in [0, 0.05) is 11.8 Å². The van der Waals surface area contributed by atoms with Gasteiger partial charge in [0.15, 0.2) is 11.5 Å². The number of benzene rings is 1. The van der Waals surface area contributed by atoms with Crippen molar-refractivity contribution in [2.24, 2.45) is 10.8 Å². The van der Waals surface area contributed by atoms with Gasteiger partial charge in [-0.2, -0.15) is 10.2 Å². The Kier molecular flexibility index (Phi) is 4.90. The molecule has 26 heavy (non-hydrogen) atoms. The van der Waals surface area contributed by atoms with Crippen molar-refractivity contribution in [3.8, 4) is 11.8 Å². The summed E-state index contributed by atoms with van der Waals surface area (Å²) >= 11 is 0. The number of pyridine rings is 1. The van der Waals surface area contributed by atoms with E-state index in [4.69, 9.17) is 5.73 Å². The monoisotopic (exact) mass is 350 g/mol. The Morgan fingerprint density at radius 1 is 1.35 bits per heavy atom. The summed E-state index contributed by atoms with van der Waals surface area (Å²) in [7, 11) is 0. The number of hydrogen-bond donors (Lipinski definition) is 2. The third-order valence-electron chi connectivity index (χ3n) is 3.54. The first-order valence-corrected chi connectivity index (χ1v) is 7.71. The van der Waals surface area contributed by atoms with Gasteiger partial charge >= 0.3 is 5.91 Å². The van der Waals surface area contributed by atoms with Crippen LogP contribution < -0.4 is 11.2 Å². The van der Waals surface area contributed by atoms with Gasteiger partial charge in [0.1, 0.15) is 11.5 Å². The first-order chi connectivity index (χ1) is 12.6. The first-order valence-electron chi connectivity index (χ1n) is 7.71. The molecule has 0 bridgehead atoms. The molecule has 1 aromatic carbocycles. The third kappa shape index (κ3) is 3.52. The maximum absolute atomic E-state index is 14.0. The molecule has 8 heteroatoms. The van der Waals surface area contributed by atoms with Crippen molar-refractivity contribution in [2.45, 2.75) is 13.5 Å². The van der Waals surface area contributed by atoms with Crippen LogP contribution in [0.1, 0.15) is 18.2 Å². The summed E-state index contributed by atoms with van der Waals surface area (Å²) in [4.78, 5) is 15.7. The van der Waals surface area contributed by atoms with Crippen molar-refractivity contribution in [2.75, 3.05) is 0 Å². The van der Waals surface area contributed by atoms with Crippen LogP contribution in [0.3, 0.4) is 0 Å². The number of nitrogens with two attached hydrogens (primary N) is 1. The molecule has 0 atom stereocenters. The second kappa shape index (κ2) is 7.44. The quantitative estimate of drug-likeness (QED) is 0.321. The summed E-state index contributed by atoms with van der Waals surface area (Å²) in [6, 6.07) is 9.94. The summed E-state index contributed by atoms with van der Waals surface area (Å²) in [6.45, 7) is 1.72. The minimum absolute atomic E-state index is 0.00142. The molecule has 0 spiro atoms. The Morgan fingerprint density at radius 2 is 2.15 bits per heavy atom. The Bertz CT molecular complexity index is 1060. The van der Waals surface area contributed by atoms with Crippen LogP contribution in [-0.4, -0.2) is 26.5 Å². The lowest BCUT2D eigenvalue weighted by atomic mass is 10.2. The van der Waals surface area contributed by atoms with E-state index in [0.29, 0.717) is 22.3 Å². The number of fused-ring (bicyclic) bond motifs is 1. The van der Waals surface area contributed by atoms with E-state index in [2.05, 4.69) is 32.5 Å². The highest BCUT2D eigenvalue weighted by atomic mass is 19.1. The maximum Gasteiger partial charge on any atom is 0.316 e. The fourth-order valence-electron chi connectivity index (χ4n) is 2.40. The van der Waals surface area contributed by atoms with Crippen molar-refractivity contribution in [1.82, 2.24) is 20.2 Å². The van der Waals surface area contributed by atoms with Crippen LogP contribution in [-0.2, 0) is 11.3 Å². The van der Waals surface area contributed by atoms with Gasteiger partial charge in [-0.3, -0.25) is 4.79 Å². The number of nitrogens with one attached hydrogen (secondary N) is 1. The molecule has 0 aliphatic heterocycles. The molecule has 7 nitrogen and oxygen atoms in total. The molecule has 0 saturated carbocycles. The van der Waals surface area contributed by atoms with Crippen molar-refractivity contribution in [3.63, 3.8) is 0 Å². The van der Waals surface area contributed by atoms with Crippen LogP contribution in [0.4, 0.5) is 4.39 Å². The zero-order valence-electron chi connectivity index (χ0n) is 13.9. The lowest BCUT2D eigenvalue weighted by Gasteiger charge is -2.04. The largest absolute Gasteiger partial charge is 0.380 e. The van der Waals surface area contributed by atoms with Crippen LogP contribution in [0.2, 0.25) is 0 Å². The van der Waals surface area contributed by atoms with E-state index in [-0.39, 0.29) is 18.2 Å². The normalized spacial score (nSPS) is 11.1. The molecule has 130 valence electrons. The van der Waals surface area contributed by atoms with Gasteiger partial charge in [-0.15, -0.1) is 0 Å². The smallest absolute Gasteiger partial charge is 0.316 e. The van der Waals surface area contributed by atoms with Crippen molar-refractivity contribution >= 4 is 22.8 Å². The number of hydrogen-bond acceptors (Lipinski definition) is 4. The molecule has 0 fully saturated rings. The number of carbonyl (C=O) groups excluding carboxylic acids is 1. The van der Waals surface area contributed by atoms with E-state index in [1.165, 1.54) is 13.0 Å². The minimum Gasteiger partial charge on any atom is -0.380 e. The lowest BCUT2D eigenvalue weighted by Crippen LogP contribution is -2.23.